The lowest BCUT2D eigenvalue weighted by Crippen LogP contribution is -2.31. The Bertz CT molecular complexity index is 689. The van der Waals surface area contributed by atoms with Gasteiger partial charge in [0, 0.05) is 0 Å². The molecule has 1 aromatic rings. The van der Waals surface area contributed by atoms with Gasteiger partial charge in [0.15, 0.2) is 0 Å². The Morgan fingerprint density at radius 3 is 2.54 bits per heavy atom. The first-order valence-corrected chi connectivity index (χ1v) is 8.06. The van der Waals surface area contributed by atoms with Crippen LogP contribution >= 0.6 is 11.6 Å². The highest BCUT2D eigenvalue weighted by Gasteiger charge is 2.31. The fourth-order valence-corrected chi connectivity index (χ4v) is 2.12. The Labute approximate surface area is 154 Å². The molecule has 1 atom stereocenters. The van der Waals surface area contributed by atoms with Crippen LogP contribution in [-0.2, 0) is 20.4 Å². The molecule has 0 aliphatic heterocycles. The van der Waals surface area contributed by atoms with Gasteiger partial charge in [-0.05, 0) is 37.1 Å². The number of nitrogens with one attached hydrogen (secondary N) is 1. The van der Waals surface area contributed by atoms with Crippen molar-refractivity contribution in [3.05, 3.63) is 40.4 Å². The lowest BCUT2D eigenvalue weighted by atomic mass is 10.1. The molecule has 0 saturated carbocycles. The second-order valence-electron chi connectivity index (χ2n) is 5.36. The van der Waals surface area contributed by atoms with Crippen LogP contribution in [0.1, 0.15) is 32.3 Å². The maximum Gasteiger partial charge on any atom is 0.416 e. The molecule has 1 unspecified atom stereocenters. The van der Waals surface area contributed by atoms with E-state index in [0.717, 1.165) is 25.7 Å². The van der Waals surface area contributed by atoms with E-state index in [1.807, 2.05) is 6.92 Å². The molecule has 0 radical (unpaired) electrons. The van der Waals surface area contributed by atoms with E-state index in [0.29, 0.717) is 18.1 Å². The van der Waals surface area contributed by atoms with Gasteiger partial charge in [0.25, 0.3) is 0 Å². The maximum absolute atomic E-state index is 12.8. The number of esters is 1. The first kappa shape index (κ1) is 21.8. The molecule has 1 N–H and O–H groups in total. The van der Waals surface area contributed by atoms with Crippen LogP contribution in [0.3, 0.4) is 0 Å². The number of allylic oxidation sites excluding steroid dienone is 1. The van der Waals surface area contributed by atoms with Crippen molar-refractivity contribution in [2.75, 3.05) is 12.4 Å². The second-order valence-corrected chi connectivity index (χ2v) is 5.77. The van der Waals surface area contributed by atoms with Crippen LogP contribution < -0.4 is 5.32 Å². The van der Waals surface area contributed by atoms with Crippen molar-refractivity contribution in [3.63, 3.8) is 0 Å². The molecule has 0 spiro atoms. The summed E-state index contributed by atoms with van der Waals surface area (Å²) in [7, 11) is 1.13. The summed E-state index contributed by atoms with van der Waals surface area (Å²) < 4.78 is 47.9. The second kappa shape index (κ2) is 9.47. The van der Waals surface area contributed by atoms with Gasteiger partial charge in [-0.15, -0.1) is 0 Å². The quantitative estimate of drug-likeness (QED) is 0.533. The molecule has 9 heteroatoms. The highest BCUT2D eigenvalue weighted by Crippen LogP contribution is 2.33. The van der Waals surface area contributed by atoms with Crippen molar-refractivity contribution in [2.45, 2.75) is 39.0 Å². The molecule has 1 aromatic carbocycles. The topological polar surface area (TPSA) is 64.6 Å². The largest absolute Gasteiger partial charge is 0.466 e. The number of methoxy groups -OCH3 is 1. The molecule has 26 heavy (non-hydrogen) atoms. The summed E-state index contributed by atoms with van der Waals surface area (Å²) in [5, 5.41) is 2.01. The van der Waals surface area contributed by atoms with Crippen molar-refractivity contribution < 1.29 is 32.2 Å². The minimum absolute atomic E-state index is 0.109. The summed E-state index contributed by atoms with van der Waals surface area (Å²) >= 11 is 5.81. The molecule has 1 rings (SSSR count). The van der Waals surface area contributed by atoms with Crippen LogP contribution in [0.25, 0.3) is 0 Å². The maximum atomic E-state index is 12.8. The molecule has 0 saturated heterocycles. The van der Waals surface area contributed by atoms with Crippen LogP contribution in [-0.4, -0.2) is 25.3 Å². The first-order chi connectivity index (χ1) is 12.1. The number of benzene rings is 1. The predicted molar refractivity (Wildman–Crippen MR) is 91.0 cm³/mol. The van der Waals surface area contributed by atoms with E-state index in [4.69, 9.17) is 16.3 Å². The third kappa shape index (κ3) is 6.25. The minimum Gasteiger partial charge on any atom is -0.466 e. The molecule has 1 amide bonds. The number of unbranched alkanes of at least 4 members (excludes halogenated alkanes) is 1. The lowest BCUT2D eigenvalue weighted by molar-refractivity contribution is -0.148. The first-order valence-electron chi connectivity index (χ1n) is 7.69. The van der Waals surface area contributed by atoms with Crippen LogP contribution in [0.4, 0.5) is 23.7 Å². The van der Waals surface area contributed by atoms with Crippen molar-refractivity contribution in [3.8, 4) is 0 Å². The number of carbonyl (C=O) groups excluding carboxylic acids is 2. The zero-order valence-corrected chi connectivity index (χ0v) is 15.2. The highest BCUT2D eigenvalue weighted by molar-refractivity contribution is 6.33. The van der Waals surface area contributed by atoms with Gasteiger partial charge in [-0.2, -0.15) is 13.2 Å². The predicted octanol–water partition coefficient (Wildman–Crippen LogP) is 5.20. The number of ether oxygens (including phenoxy) is 2. The fourth-order valence-electron chi connectivity index (χ4n) is 1.96. The number of halogens is 4. The summed E-state index contributed by atoms with van der Waals surface area (Å²) in [4.78, 5) is 23.8. The Morgan fingerprint density at radius 2 is 2.00 bits per heavy atom. The van der Waals surface area contributed by atoms with Gasteiger partial charge in [0.1, 0.15) is 0 Å². The number of carbonyl (C=O) groups is 2. The van der Waals surface area contributed by atoms with Crippen LogP contribution in [0.2, 0.25) is 5.02 Å². The molecule has 0 heterocycles. The molecule has 0 fully saturated rings. The van der Waals surface area contributed by atoms with E-state index >= 15 is 0 Å². The average molecular weight is 394 g/mol. The Kier molecular flexibility index (Phi) is 7.95. The van der Waals surface area contributed by atoms with Gasteiger partial charge in [0.05, 0.1) is 23.4 Å². The molecule has 144 valence electrons. The van der Waals surface area contributed by atoms with Gasteiger partial charge in [0.2, 0.25) is 6.10 Å². The summed E-state index contributed by atoms with van der Waals surface area (Å²) in [6, 6.07) is 2.47. The molecule has 0 bridgehead atoms. The van der Waals surface area contributed by atoms with E-state index in [2.05, 4.69) is 10.1 Å². The van der Waals surface area contributed by atoms with E-state index in [-0.39, 0.29) is 10.7 Å². The smallest absolute Gasteiger partial charge is 0.416 e. The molecule has 0 aliphatic carbocycles. The highest BCUT2D eigenvalue weighted by atomic mass is 35.5. The normalized spacial score (nSPS) is 13.1. The number of anilines is 1. The number of hydrogen-bond acceptors (Lipinski definition) is 4. The summed E-state index contributed by atoms with van der Waals surface area (Å²) in [5.41, 5.74) is -0.824. The van der Waals surface area contributed by atoms with Gasteiger partial charge >= 0.3 is 18.2 Å². The zero-order chi connectivity index (χ0) is 19.9. The number of rotatable bonds is 6. The van der Waals surface area contributed by atoms with E-state index in [1.54, 1.807) is 13.0 Å². The van der Waals surface area contributed by atoms with E-state index < -0.39 is 29.9 Å². The minimum atomic E-state index is -4.60. The molecule has 5 nitrogen and oxygen atoms in total. The van der Waals surface area contributed by atoms with Crippen molar-refractivity contribution in [2.24, 2.45) is 0 Å². The monoisotopic (exact) mass is 393 g/mol. The van der Waals surface area contributed by atoms with Crippen molar-refractivity contribution >= 4 is 29.4 Å². The average Bonchev–Trinajstić information content (AvgIpc) is 2.57. The number of amides is 1. The third-order valence-corrected chi connectivity index (χ3v) is 3.67. The van der Waals surface area contributed by atoms with Gasteiger partial charge in [-0.1, -0.05) is 31.0 Å². The Hall–Kier alpha value is -2.22. The van der Waals surface area contributed by atoms with Gasteiger partial charge < -0.3 is 9.47 Å². The van der Waals surface area contributed by atoms with Gasteiger partial charge in [-0.3, -0.25) is 5.32 Å². The summed E-state index contributed by atoms with van der Waals surface area (Å²) in [6.45, 7) is 3.52. The molecule has 0 aliphatic rings. The van der Waals surface area contributed by atoms with Crippen LogP contribution in [0.15, 0.2) is 29.8 Å². The van der Waals surface area contributed by atoms with Crippen molar-refractivity contribution in [1.29, 1.82) is 0 Å². The summed E-state index contributed by atoms with van der Waals surface area (Å²) in [6.07, 6.45) is -3.85. The lowest BCUT2D eigenvalue weighted by Gasteiger charge is -2.18. The molecular formula is C17H19ClF3NO4. The van der Waals surface area contributed by atoms with E-state index in [1.165, 1.54) is 0 Å². The molecule has 0 aromatic heterocycles. The van der Waals surface area contributed by atoms with E-state index in [9.17, 15) is 22.8 Å². The Morgan fingerprint density at radius 1 is 1.35 bits per heavy atom. The fraction of sp³-hybridized carbons (Fsp3) is 0.412. The summed E-state index contributed by atoms with van der Waals surface area (Å²) in [5.74, 6) is -0.805. The molecular weight excluding hydrogens is 375 g/mol. The third-order valence-electron chi connectivity index (χ3n) is 3.34. The SMILES string of the molecule is CCCC=C(C)C(OC(=O)Nc1cc(C(F)(F)F)ccc1Cl)C(=O)OC. The van der Waals surface area contributed by atoms with Crippen molar-refractivity contribution in [1.82, 2.24) is 0 Å². The van der Waals surface area contributed by atoms with Gasteiger partial charge in [-0.25, -0.2) is 9.59 Å². The zero-order valence-electron chi connectivity index (χ0n) is 14.4. The standard InChI is InChI=1S/C17H19ClF3NO4/c1-4-5-6-10(2)14(15(23)25-3)26-16(24)22-13-9-11(17(19,20)21)7-8-12(13)18/h6-9,14H,4-5H2,1-3H3,(H,22,24). The Balaban J connectivity index is 2.97. The van der Waals surface area contributed by atoms with Crippen LogP contribution in [0, 0.1) is 0 Å². The number of alkyl halides is 3. The van der Waals surface area contributed by atoms with Crippen LogP contribution in [0.5, 0.6) is 0 Å². The number of hydrogen-bond donors (Lipinski definition) is 1.